The van der Waals surface area contributed by atoms with Gasteiger partial charge in [-0.25, -0.2) is 4.98 Å². The lowest BCUT2D eigenvalue weighted by Crippen LogP contribution is -2.33. The number of rotatable bonds is 3. The van der Waals surface area contributed by atoms with Gasteiger partial charge >= 0.3 is 0 Å². The molecule has 1 atom stereocenters. The van der Waals surface area contributed by atoms with E-state index in [1.165, 1.54) is 29.4 Å². The molecule has 0 fully saturated rings. The Morgan fingerprint density at radius 3 is 2.91 bits per heavy atom. The maximum absolute atomic E-state index is 12.7. The van der Waals surface area contributed by atoms with Crippen molar-refractivity contribution in [1.82, 2.24) is 9.88 Å². The summed E-state index contributed by atoms with van der Waals surface area (Å²) in [7, 11) is 1.83. The summed E-state index contributed by atoms with van der Waals surface area (Å²) < 4.78 is 0. The number of nitrogens with zero attached hydrogens (tertiary/aromatic N) is 2. The molecular formula is C17H19N3O2S. The molecule has 0 bridgehead atoms. The maximum Gasteiger partial charge on any atom is 0.273 e. The van der Waals surface area contributed by atoms with Gasteiger partial charge in [0.2, 0.25) is 5.91 Å². The number of anilines is 1. The fourth-order valence-corrected chi connectivity index (χ4v) is 3.76. The zero-order valence-corrected chi connectivity index (χ0v) is 14.0. The number of aryl methyl sites for hydroxylation is 1. The maximum atomic E-state index is 12.7. The third kappa shape index (κ3) is 3.27. The number of hydrogen-bond donors (Lipinski definition) is 1. The summed E-state index contributed by atoms with van der Waals surface area (Å²) in [6.07, 6.45) is 3.10. The second kappa shape index (κ2) is 6.50. The van der Waals surface area contributed by atoms with E-state index >= 15 is 0 Å². The number of thiazole rings is 1. The van der Waals surface area contributed by atoms with Crippen molar-refractivity contribution in [3.63, 3.8) is 0 Å². The van der Waals surface area contributed by atoms with Crippen molar-refractivity contribution in [3.8, 4) is 0 Å². The molecule has 1 aliphatic rings. The minimum absolute atomic E-state index is 0.0818. The van der Waals surface area contributed by atoms with Gasteiger partial charge in [0, 0.05) is 19.4 Å². The molecule has 23 heavy (non-hydrogen) atoms. The highest BCUT2D eigenvalue weighted by atomic mass is 32.1. The van der Waals surface area contributed by atoms with Crippen LogP contribution in [-0.4, -0.2) is 28.7 Å². The van der Waals surface area contributed by atoms with Crippen molar-refractivity contribution in [2.75, 3.05) is 12.4 Å². The summed E-state index contributed by atoms with van der Waals surface area (Å²) in [5.41, 5.74) is 2.93. The van der Waals surface area contributed by atoms with Crippen LogP contribution in [0.4, 0.5) is 5.13 Å². The molecule has 1 N–H and O–H groups in total. The molecule has 6 heteroatoms. The molecule has 0 saturated heterocycles. The first kappa shape index (κ1) is 15.7. The van der Waals surface area contributed by atoms with Crippen LogP contribution in [-0.2, 0) is 11.2 Å². The zero-order valence-electron chi connectivity index (χ0n) is 13.2. The molecule has 120 valence electrons. The zero-order chi connectivity index (χ0) is 16.4. The Morgan fingerprint density at radius 2 is 2.13 bits per heavy atom. The first-order valence-corrected chi connectivity index (χ1v) is 8.52. The number of fused-ring (bicyclic) bond motifs is 1. The van der Waals surface area contributed by atoms with Crippen LogP contribution in [0, 0.1) is 0 Å². The van der Waals surface area contributed by atoms with E-state index in [9.17, 15) is 9.59 Å². The Morgan fingerprint density at radius 1 is 1.35 bits per heavy atom. The van der Waals surface area contributed by atoms with Gasteiger partial charge in [-0.1, -0.05) is 24.3 Å². The van der Waals surface area contributed by atoms with Crippen LogP contribution in [0.5, 0.6) is 0 Å². The van der Waals surface area contributed by atoms with E-state index in [-0.39, 0.29) is 17.9 Å². The number of hydrogen-bond acceptors (Lipinski definition) is 4. The topological polar surface area (TPSA) is 62.3 Å². The van der Waals surface area contributed by atoms with Crippen LogP contribution in [0.3, 0.4) is 0 Å². The SMILES string of the molecule is CC(=O)Nc1nc(C(=O)N(C)[C@@H]2CCCc3ccccc32)cs1. The number of nitrogens with one attached hydrogen (secondary N) is 1. The predicted molar refractivity (Wildman–Crippen MR) is 90.6 cm³/mol. The molecule has 0 spiro atoms. The first-order chi connectivity index (χ1) is 11.1. The van der Waals surface area contributed by atoms with E-state index in [0.717, 1.165) is 19.3 Å². The van der Waals surface area contributed by atoms with E-state index in [2.05, 4.69) is 22.4 Å². The predicted octanol–water partition coefficient (Wildman–Crippen LogP) is 3.25. The van der Waals surface area contributed by atoms with Gasteiger partial charge in [-0.3, -0.25) is 9.59 Å². The largest absolute Gasteiger partial charge is 0.333 e. The quantitative estimate of drug-likeness (QED) is 0.940. The molecule has 2 aromatic rings. The minimum atomic E-state index is -0.187. The summed E-state index contributed by atoms with van der Waals surface area (Å²) >= 11 is 1.27. The number of carbonyl (C=O) groups excluding carboxylic acids is 2. The second-order valence-corrected chi connectivity index (χ2v) is 6.60. The Balaban J connectivity index is 1.80. The molecule has 1 aromatic carbocycles. The van der Waals surface area contributed by atoms with Crippen LogP contribution in [0.25, 0.3) is 0 Å². The van der Waals surface area contributed by atoms with Gasteiger partial charge in [0.25, 0.3) is 5.91 Å². The molecule has 2 amide bonds. The fourth-order valence-electron chi connectivity index (χ4n) is 3.03. The van der Waals surface area contributed by atoms with E-state index in [1.54, 1.807) is 10.3 Å². The summed E-state index contributed by atoms with van der Waals surface area (Å²) in [6, 6.07) is 8.39. The molecule has 5 nitrogen and oxygen atoms in total. The average Bonchev–Trinajstić information content (AvgIpc) is 3.00. The van der Waals surface area contributed by atoms with Gasteiger partial charge in [0.1, 0.15) is 5.69 Å². The van der Waals surface area contributed by atoms with E-state index in [1.807, 2.05) is 19.2 Å². The van der Waals surface area contributed by atoms with Gasteiger partial charge in [0.15, 0.2) is 5.13 Å². The highest BCUT2D eigenvalue weighted by Crippen LogP contribution is 2.34. The van der Waals surface area contributed by atoms with Crippen molar-refractivity contribution in [2.24, 2.45) is 0 Å². The fraction of sp³-hybridized carbons (Fsp3) is 0.353. The summed E-state index contributed by atoms with van der Waals surface area (Å²) in [6.45, 7) is 1.42. The van der Waals surface area contributed by atoms with Gasteiger partial charge in [-0.15, -0.1) is 11.3 Å². The monoisotopic (exact) mass is 329 g/mol. The first-order valence-electron chi connectivity index (χ1n) is 7.64. The smallest absolute Gasteiger partial charge is 0.273 e. The van der Waals surface area contributed by atoms with Crippen LogP contribution >= 0.6 is 11.3 Å². The molecule has 1 aliphatic carbocycles. The van der Waals surface area contributed by atoms with Gasteiger partial charge in [0.05, 0.1) is 6.04 Å². The second-order valence-electron chi connectivity index (χ2n) is 5.74. The molecule has 0 aliphatic heterocycles. The van der Waals surface area contributed by atoms with E-state index in [0.29, 0.717) is 10.8 Å². The van der Waals surface area contributed by atoms with Gasteiger partial charge in [-0.05, 0) is 30.4 Å². The lowest BCUT2D eigenvalue weighted by Gasteiger charge is -2.33. The highest BCUT2D eigenvalue weighted by molar-refractivity contribution is 7.14. The molecule has 1 heterocycles. The van der Waals surface area contributed by atoms with E-state index in [4.69, 9.17) is 0 Å². The molecule has 0 saturated carbocycles. The van der Waals surface area contributed by atoms with Crippen molar-refractivity contribution in [2.45, 2.75) is 32.2 Å². The summed E-state index contributed by atoms with van der Waals surface area (Å²) in [5, 5.41) is 4.76. The van der Waals surface area contributed by atoms with Crippen molar-refractivity contribution < 1.29 is 9.59 Å². The van der Waals surface area contributed by atoms with Crippen molar-refractivity contribution in [3.05, 3.63) is 46.5 Å². The molecule has 3 rings (SSSR count). The average molecular weight is 329 g/mol. The Bertz CT molecular complexity index is 741. The molecule has 0 radical (unpaired) electrons. The van der Waals surface area contributed by atoms with Crippen LogP contribution in [0.1, 0.15) is 47.4 Å². The molecule has 1 aromatic heterocycles. The molecule has 0 unspecified atom stereocenters. The highest BCUT2D eigenvalue weighted by Gasteiger charge is 2.28. The standard InChI is InChI=1S/C17H19N3O2S/c1-11(21)18-17-19-14(10-23-17)16(22)20(2)15-9-5-7-12-6-3-4-8-13(12)15/h3-4,6,8,10,15H,5,7,9H2,1-2H3,(H,18,19,21)/t15-/m1/s1. The van der Waals surface area contributed by atoms with E-state index < -0.39 is 0 Å². The summed E-state index contributed by atoms with van der Waals surface area (Å²) in [5.74, 6) is -0.299. The molecular weight excluding hydrogens is 310 g/mol. The number of amides is 2. The van der Waals surface area contributed by atoms with Crippen LogP contribution < -0.4 is 5.32 Å². The van der Waals surface area contributed by atoms with Gasteiger partial charge in [-0.2, -0.15) is 0 Å². The Kier molecular flexibility index (Phi) is 4.43. The number of benzene rings is 1. The number of carbonyl (C=O) groups is 2. The normalized spacial score (nSPS) is 16.5. The Labute approximate surface area is 139 Å². The summed E-state index contributed by atoms with van der Waals surface area (Å²) in [4.78, 5) is 29.8. The third-order valence-corrected chi connectivity index (χ3v) is 4.89. The van der Waals surface area contributed by atoms with Gasteiger partial charge < -0.3 is 10.2 Å². The number of aromatic nitrogens is 1. The Hall–Kier alpha value is -2.21. The lowest BCUT2D eigenvalue weighted by atomic mass is 9.87. The van der Waals surface area contributed by atoms with Crippen LogP contribution in [0.2, 0.25) is 0 Å². The van der Waals surface area contributed by atoms with Crippen molar-refractivity contribution >= 4 is 28.3 Å². The minimum Gasteiger partial charge on any atom is -0.333 e. The van der Waals surface area contributed by atoms with Crippen LogP contribution in [0.15, 0.2) is 29.6 Å². The van der Waals surface area contributed by atoms with Crippen molar-refractivity contribution in [1.29, 1.82) is 0 Å². The lowest BCUT2D eigenvalue weighted by molar-refractivity contribution is -0.114. The third-order valence-electron chi connectivity index (χ3n) is 4.13.